The Hall–Kier alpha value is -4.23. The maximum absolute atomic E-state index is 12.4. The van der Waals surface area contributed by atoms with Crippen LogP contribution in [-0.2, 0) is 4.74 Å². The Balaban J connectivity index is 1.26. The molecule has 2 aromatic carbocycles. The molecule has 0 bridgehead atoms. The van der Waals surface area contributed by atoms with Gasteiger partial charge in [0.25, 0.3) is 0 Å². The SMILES string of the molecule is CC(Oc1cc2nccc(Oc3ccc(NC(=O)NC4CC4)c(Cl)c3)c2cc1C#N)C1CCN(C(=O)OC(C)(C)C)CC1. The molecule has 43 heavy (non-hydrogen) atoms. The average molecular weight is 606 g/mol. The van der Waals surface area contributed by atoms with Crippen LogP contribution in [0.25, 0.3) is 10.9 Å². The molecule has 1 aliphatic carbocycles. The minimum absolute atomic E-state index is 0.176. The summed E-state index contributed by atoms with van der Waals surface area (Å²) in [5.41, 5.74) is 0.920. The highest BCUT2D eigenvalue weighted by molar-refractivity contribution is 6.33. The van der Waals surface area contributed by atoms with Gasteiger partial charge in [0.2, 0.25) is 0 Å². The van der Waals surface area contributed by atoms with E-state index < -0.39 is 5.60 Å². The average Bonchev–Trinajstić information content (AvgIpc) is 3.77. The molecule has 10 nitrogen and oxygen atoms in total. The second kappa shape index (κ2) is 12.6. The Morgan fingerprint density at radius 3 is 2.49 bits per heavy atom. The molecule has 3 amide bonds. The first-order valence-corrected chi connectivity index (χ1v) is 14.9. The lowest BCUT2D eigenvalue weighted by atomic mass is 9.92. The zero-order chi connectivity index (χ0) is 30.7. The molecule has 1 saturated heterocycles. The molecule has 1 aromatic heterocycles. The van der Waals surface area contributed by atoms with E-state index in [-0.39, 0.29) is 30.2 Å². The van der Waals surface area contributed by atoms with E-state index in [1.807, 2.05) is 27.7 Å². The van der Waals surface area contributed by atoms with E-state index in [4.69, 9.17) is 25.8 Å². The highest BCUT2D eigenvalue weighted by Crippen LogP contribution is 2.36. The Kier molecular flexibility index (Phi) is 8.83. The largest absolute Gasteiger partial charge is 0.489 e. The molecule has 1 saturated carbocycles. The Morgan fingerprint density at radius 2 is 1.84 bits per heavy atom. The number of nitrogens with one attached hydrogen (secondary N) is 2. The Morgan fingerprint density at radius 1 is 1.09 bits per heavy atom. The summed E-state index contributed by atoms with van der Waals surface area (Å²) in [7, 11) is 0. The van der Waals surface area contributed by atoms with Crippen LogP contribution in [0.3, 0.4) is 0 Å². The van der Waals surface area contributed by atoms with E-state index >= 15 is 0 Å². The van der Waals surface area contributed by atoms with Crippen molar-refractivity contribution in [3.8, 4) is 23.3 Å². The zero-order valence-corrected chi connectivity index (χ0v) is 25.5. The highest BCUT2D eigenvalue weighted by atomic mass is 35.5. The van der Waals surface area contributed by atoms with Crippen LogP contribution < -0.4 is 20.1 Å². The number of aromatic nitrogens is 1. The van der Waals surface area contributed by atoms with Crippen LogP contribution in [0.5, 0.6) is 17.2 Å². The summed E-state index contributed by atoms with van der Waals surface area (Å²) in [5, 5.41) is 16.6. The number of rotatable bonds is 7. The predicted octanol–water partition coefficient (Wildman–Crippen LogP) is 7.25. The van der Waals surface area contributed by atoms with Crippen LogP contribution in [0, 0.1) is 17.2 Å². The van der Waals surface area contributed by atoms with E-state index in [9.17, 15) is 14.9 Å². The molecule has 11 heteroatoms. The maximum Gasteiger partial charge on any atom is 0.410 e. The molecule has 0 radical (unpaired) electrons. The van der Waals surface area contributed by atoms with E-state index in [2.05, 4.69) is 21.7 Å². The van der Waals surface area contributed by atoms with Crippen molar-refractivity contribution in [2.24, 2.45) is 5.92 Å². The molecule has 0 spiro atoms. The fourth-order valence-electron chi connectivity index (χ4n) is 4.96. The van der Waals surface area contributed by atoms with Gasteiger partial charge in [-0.3, -0.25) is 4.98 Å². The van der Waals surface area contributed by atoms with Crippen molar-refractivity contribution < 1.29 is 23.8 Å². The molecular formula is C32H36ClN5O5. The number of urea groups is 1. The molecule has 226 valence electrons. The fourth-order valence-corrected chi connectivity index (χ4v) is 5.17. The van der Waals surface area contributed by atoms with Crippen LogP contribution in [0.15, 0.2) is 42.6 Å². The molecule has 3 aromatic rings. The third-order valence-electron chi connectivity index (χ3n) is 7.42. The molecule has 5 rings (SSSR count). The summed E-state index contributed by atoms with van der Waals surface area (Å²) in [5.74, 6) is 1.63. The number of likely N-dealkylation sites (tertiary alicyclic amines) is 1. The quantitative estimate of drug-likeness (QED) is 0.290. The molecule has 1 unspecified atom stereocenters. The second-order valence-electron chi connectivity index (χ2n) is 12.0. The van der Waals surface area contributed by atoms with E-state index in [0.29, 0.717) is 57.5 Å². The van der Waals surface area contributed by atoms with Crippen LogP contribution in [0.2, 0.25) is 5.02 Å². The van der Waals surface area contributed by atoms with Gasteiger partial charge in [-0.25, -0.2) is 9.59 Å². The van der Waals surface area contributed by atoms with E-state index in [0.717, 1.165) is 25.7 Å². The number of pyridine rings is 1. The zero-order valence-electron chi connectivity index (χ0n) is 24.8. The first-order valence-electron chi connectivity index (χ1n) is 14.5. The van der Waals surface area contributed by atoms with Crippen molar-refractivity contribution in [3.63, 3.8) is 0 Å². The van der Waals surface area contributed by atoms with Crippen LogP contribution in [-0.4, -0.2) is 52.8 Å². The lowest BCUT2D eigenvalue weighted by Crippen LogP contribution is -2.44. The second-order valence-corrected chi connectivity index (χ2v) is 12.4. The van der Waals surface area contributed by atoms with Crippen molar-refractivity contribution in [3.05, 3.63) is 53.2 Å². The normalized spacial score (nSPS) is 16.2. The van der Waals surface area contributed by atoms with Crippen molar-refractivity contribution in [2.75, 3.05) is 18.4 Å². The van der Waals surface area contributed by atoms with Gasteiger partial charge >= 0.3 is 12.1 Å². The number of hydrogen-bond donors (Lipinski definition) is 2. The summed E-state index contributed by atoms with van der Waals surface area (Å²) in [4.78, 5) is 30.7. The number of carbonyl (C=O) groups is 2. The van der Waals surface area contributed by atoms with Gasteiger partial charge in [-0.05, 0) is 83.6 Å². The number of nitrogens with zero attached hydrogens (tertiary/aromatic N) is 3. The number of hydrogen-bond acceptors (Lipinski definition) is 7. The molecule has 1 atom stereocenters. The van der Waals surface area contributed by atoms with Gasteiger partial charge < -0.3 is 29.7 Å². The van der Waals surface area contributed by atoms with Crippen molar-refractivity contribution in [2.45, 2.75) is 71.1 Å². The lowest BCUT2D eigenvalue weighted by molar-refractivity contribution is 0.0121. The molecule has 2 aliphatic rings. The predicted molar refractivity (Wildman–Crippen MR) is 164 cm³/mol. The maximum atomic E-state index is 12.4. The standard InChI is InChI=1S/C32H36ClN5O5/c1-19(20-10-13-38(14-11-20)31(40)43-32(2,3)4)41-29-17-27-24(15-21(29)18-34)28(9-12-35-27)42-23-7-8-26(25(33)16-23)37-30(39)36-22-5-6-22/h7-9,12,15-17,19-20,22H,5-6,10-11,13-14H2,1-4H3,(H2,36,37,39). The topological polar surface area (TPSA) is 126 Å². The van der Waals surface area contributed by atoms with Gasteiger partial charge in [0.1, 0.15) is 28.9 Å². The number of nitriles is 1. The first kappa shape index (κ1) is 30.2. The lowest BCUT2D eigenvalue weighted by Gasteiger charge is -2.35. The fraction of sp³-hybridized carbons (Fsp3) is 0.438. The third kappa shape index (κ3) is 7.79. The molecule has 2 heterocycles. The molecule has 2 fully saturated rings. The van der Waals surface area contributed by atoms with Gasteiger partial charge in [-0.2, -0.15) is 5.26 Å². The molecule has 2 N–H and O–H groups in total. The summed E-state index contributed by atoms with van der Waals surface area (Å²) in [6, 6.07) is 12.4. The number of carbonyl (C=O) groups excluding carboxylic acids is 2. The van der Waals surface area contributed by atoms with Crippen molar-refractivity contribution >= 4 is 40.3 Å². The van der Waals surface area contributed by atoms with E-state index in [1.54, 1.807) is 47.5 Å². The number of ether oxygens (including phenoxy) is 3. The monoisotopic (exact) mass is 605 g/mol. The van der Waals surface area contributed by atoms with Gasteiger partial charge in [-0.15, -0.1) is 0 Å². The van der Waals surface area contributed by atoms with Gasteiger partial charge in [0.05, 0.1) is 27.9 Å². The van der Waals surface area contributed by atoms with Crippen LogP contribution in [0.1, 0.15) is 58.9 Å². The number of halogens is 1. The van der Waals surface area contributed by atoms with Gasteiger partial charge in [0, 0.05) is 42.8 Å². The number of anilines is 1. The first-order chi connectivity index (χ1) is 20.5. The van der Waals surface area contributed by atoms with Crippen LogP contribution >= 0.6 is 11.6 Å². The van der Waals surface area contributed by atoms with Crippen molar-refractivity contribution in [1.29, 1.82) is 5.26 Å². The highest BCUT2D eigenvalue weighted by Gasteiger charge is 2.30. The van der Waals surface area contributed by atoms with Crippen molar-refractivity contribution in [1.82, 2.24) is 15.2 Å². The minimum Gasteiger partial charge on any atom is -0.489 e. The number of piperidine rings is 1. The summed E-state index contributed by atoms with van der Waals surface area (Å²) >= 11 is 6.42. The van der Waals surface area contributed by atoms with Gasteiger partial charge in [-0.1, -0.05) is 11.6 Å². The third-order valence-corrected chi connectivity index (χ3v) is 7.73. The minimum atomic E-state index is -0.531. The Bertz CT molecular complexity index is 1550. The number of benzene rings is 2. The molecular weight excluding hydrogens is 570 g/mol. The van der Waals surface area contributed by atoms with E-state index in [1.165, 1.54) is 0 Å². The number of fused-ring (bicyclic) bond motifs is 1. The van der Waals surface area contributed by atoms with Gasteiger partial charge in [0.15, 0.2) is 0 Å². The summed E-state index contributed by atoms with van der Waals surface area (Å²) in [6.45, 7) is 8.75. The summed E-state index contributed by atoms with van der Waals surface area (Å²) in [6.07, 6.45) is 4.68. The number of amides is 3. The Labute approximate surface area is 256 Å². The summed E-state index contributed by atoms with van der Waals surface area (Å²) < 4.78 is 18.0. The smallest absolute Gasteiger partial charge is 0.410 e. The molecule has 1 aliphatic heterocycles. The van der Waals surface area contributed by atoms with Crippen LogP contribution in [0.4, 0.5) is 15.3 Å².